The monoisotopic (exact) mass is 348 g/mol. The highest BCUT2D eigenvalue weighted by molar-refractivity contribution is 6.36. The molecule has 0 saturated carbocycles. The molecule has 1 aliphatic heterocycles. The first-order valence-corrected chi connectivity index (χ1v) is 8.94. The molecule has 0 fully saturated rings. The number of anilines is 1. The number of carbonyl (C=O) groups excluding carboxylic acids is 2. The predicted molar refractivity (Wildman–Crippen MR) is 105 cm³/mol. The number of nitrogens with one attached hydrogen (secondary N) is 1. The Morgan fingerprint density at radius 1 is 0.923 bits per heavy atom. The Morgan fingerprint density at radius 3 is 2.35 bits per heavy atom. The Bertz CT molecular complexity index is 912. The van der Waals surface area contributed by atoms with Crippen LogP contribution >= 0.6 is 0 Å². The van der Waals surface area contributed by atoms with Crippen LogP contribution in [0, 0.1) is 20.8 Å². The van der Waals surface area contributed by atoms with Crippen molar-refractivity contribution >= 4 is 23.1 Å². The van der Waals surface area contributed by atoms with Crippen LogP contribution in [0.1, 0.15) is 35.6 Å². The minimum Gasteiger partial charge on any atom is -0.350 e. The third-order valence-corrected chi connectivity index (χ3v) is 4.70. The number of benzene rings is 2. The number of aryl methyl sites for hydroxylation is 3. The van der Waals surface area contributed by atoms with Gasteiger partial charge in [-0.1, -0.05) is 37.3 Å². The molecule has 1 N–H and O–H groups in total. The number of amides is 2. The van der Waals surface area contributed by atoms with Gasteiger partial charge in [0, 0.05) is 12.2 Å². The number of carbonyl (C=O) groups is 2. The first-order chi connectivity index (χ1) is 12.4. The first-order valence-electron chi connectivity index (χ1n) is 8.94. The summed E-state index contributed by atoms with van der Waals surface area (Å²) in [5.41, 5.74) is 5.74. The molecule has 4 nitrogen and oxygen atoms in total. The molecule has 0 radical (unpaired) electrons. The van der Waals surface area contributed by atoms with Crippen molar-refractivity contribution in [3.8, 4) is 0 Å². The molecule has 3 rings (SSSR count). The molecule has 0 bridgehead atoms. The Morgan fingerprint density at radius 2 is 1.69 bits per heavy atom. The molecule has 0 spiro atoms. The normalized spacial score (nSPS) is 14.4. The summed E-state index contributed by atoms with van der Waals surface area (Å²) in [5.74, 6) is -0.484. The van der Waals surface area contributed by atoms with Gasteiger partial charge in [-0.3, -0.25) is 14.5 Å². The molecular formula is C22H24N2O2. The highest BCUT2D eigenvalue weighted by Gasteiger charge is 2.38. The van der Waals surface area contributed by atoms with Crippen molar-refractivity contribution in [1.29, 1.82) is 0 Å². The van der Waals surface area contributed by atoms with Crippen LogP contribution in [0.5, 0.6) is 0 Å². The van der Waals surface area contributed by atoms with Crippen molar-refractivity contribution in [1.82, 2.24) is 4.90 Å². The maximum Gasteiger partial charge on any atom is 0.278 e. The topological polar surface area (TPSA) is 49.4 Å². The zero-order chi connectivity index (χ0) is 18.8. The van der Waals surface area contributed by atoms with Gasteiger partial charge in [-0.05, 0) is 61.6 Å². The number of imide groups is 1. The molecule has 1 aliphatic rings. The van der Waals surface area contributed by atoms with Crippen LogP contribution in [-0.2, 0) is 9.59 Å². The first kappa shape index (κ1) is 17.9. The molecule has 0 aromatic heterocycles. The number of hydrogen-bond acceptors (Lipinski definition) is 3. The van der Waals surface area contributed by atoms with Crippen molar-refractivity contribution in [2.45, 2.75) is 34.1 Å². The molecule has 2 aromatic carbocycles. The standard InChI is InChI=1S/C22H24N2O2/c1-5-11-24-21(25)19(17-10-9-15(3)16(4)13-17)20(22(24)26)23-18-8-6-7-14(2)12-18/h6-10,12-13,23H,5,11H2,1-4H3. The van der Waals surface area contributed by atoms with Gasteiger partial charge in [-0.2, -0.15) is 0 Å². The minimum atomic E-state index is -0.258. The van der Waals surface area contributed by atoms with Crippen LogP contribution in [0.3, 0.4) is 0 Å². The van der Waals surface area contributed by atoms with E-state index in [9.17, 15) is 9.59 Å². The highest BCUT2D eigenvalue weighted by atomic mass is 16.2. The zero-order valence-electron chi connectivity index (χ0n) is 15.7. The molecule has 4 heteroatoms. The summed E-state index contributed by atoms with van der Waals surface area (Å²) >= 11 is 0. The van der Waals surface area contributed by atoms with Gasteiger partial charge in [0.1, 0.15) is 5.70 Å². The fourth-order valence-electron chi connectivity index (χ4n) is 3.15. The number of hydrogen-bond donors (Lipinski definition) is 1. The molecule has 2 amide bonds. The fourth-order valence-corrected chi connectivity index (χ4v) is 3.15. The van der Waals surface area contributed by atoms with Gasteiger partial charge in [0.15, 0.2) is 0 Å². The molecule has 0 atom stereocenters. The van der Waals surface area contributed by atoms with E-state index in [1.54, 1.807) is 0 Å². The SMILES string of the molecule is CCCN1C(=O)C(Nc2cccc(C)c2)=C(c2ccc(C)c(C)c2)C1=O. The van der Waals surface area contributed by atoms with Crippen molar-refractivity contribution in [3.05, 3.63) is 70.4 Å². The minimum absolute atomic E-state index is 0.227. The Balaban J connectivity index is 2.10. The van der Waals surface area contributed by atoms with E-state index in [4.69, 9.17) is 0 Å². The maximum absolute atomic E-state index is 13.0. The lowest BCUT2D eigenvalue weighted by Gasteiger charge is -2.14. The molecule has 26 heavy (non-hydrogen) atoms. The van der Waals surface area contributed by atoms with E-state index >= 15 is 0 Å². The summed E-state index contributed by atoms with van der Waals surface area (Å²) in [6.45, 7) is 8.42. The van der Waals surface area contributed by atoms with E-state index in [1.165, 1.54) is 4.90 Å². The molecule has 0 unspecified atom stereocenters. The summed E-state index contributed by atoms with van der Waals surface area (Å²) in [6, 6.07) is 13.7. The van der Waals surface area contributed by atoms with E-state index in [0.717, 1.165) is 34.4 Å². The van der Waals surface area contributed by atoms with E-state index in [1.807, 2.05) is 70.2 Å². The van der Waals surface area contributed by atoms with Crippen LogP contribution in [0.25, 0.3) is 5.57 Å². The summed E-state index contributed by atoms with van der Waals surface area (Å²) in [7, 11) is 0. The Kier molecular flexibility index (Phi) is 4.94. The van der Waals surface area contributed by atoms with Crippen LogP contribution in [-0.4, -0.2) is 23.3 Å². The van der Waals surface area contributed by atoms with E-state index in [2.05, 4.69) is 5.32 Å². The van der Waals surface area contributed by atoms with E-state index in [0.29, 0.717) is 17.8 Å². The maximum atomic E-state index is 13.0. The lowest BCUT2D eigenvalue weighted by molar-refractivity contribution is -0.136. The van der Waals surface area contributed by atoms with Crippen LogP contribution in [0.15, 0.2) is 48.2 Å². The largest absolute Gasteiger partial charge is 0.350 e. The summed E-state index contributed by atoms with van der Waals surface area (Å²) < 4.78 is 0. The van der Waals surface area contributed by atoms with Crippen LogP contribution in [0.2, 0.25) is 0 Å². The lowest BCUT2D eigenvalue weighted by Crippen LogP contribution is -2.33. The highest BCUT2D eigenvalue weighted by Crippen LogP contribution is 2.31. The second-order valence-corrected chi connectivity index (χ2v) is 6.81. The van der Waals surface area contributed by atoms with Gasteiger partial charge in [0.25, 0.3) is 11.8 Å². The van der Waals surface area contributed by atoms with E-state index < -0.39 is 0 Å². The summed E-state index contributed by atoms with van der Waals surface area (Å²) in [5, 5.41) is 3.20. The third-order valence-electron chi connectivity index (χ3n) is 4.70. The van der Waals surface area contributed by atoms with Crippen LogP contribution in [0.4, 0.5) is 5.69 Å². The number of nitrogens with zero attached hydrogens (tertiary/aromatic N) is 1. The fraction of sp³-hybridized carbons (Fsp3) is 0.273. The lowest BCUT2D eigenvalue weighted by atomic mass is 9.99. The van der Waals surface area contributed by atoms with Gasteiger partial charge in [-0.15, -0.1) is 0 Å². The van der Waals surface area contributed by atoms with E-state index in [-0.39, 0.29) is 11.8 Å². The van der Waals surface area contributed by atoms with Gasteiger partial charge in [0.05, 0.1) is 5.57 Å². The Hall–Kier alpha value is -2.88. The molecule has 1 heterocycles. The second-order valence-electron chi connectivity index (χ2n) is 6.81. The van der Waals surface area contributed by atoms with Gasteiger partial charge in [0.2, 0.25) is 0 Å². The third kappa shape index (κ3) is 3.27. The molecule has 0 aliphatic carbocycles. The Labute approximate surface area is 154 Å². The molecule has 2 aromatic rings. The van der Waals surface area contributed by atoms with Crippen molar-refractivity contribution < 1.29 is 9.59 Å². The van der Waals surface area contributed by atoms with Crippen LogP contribution < -0.4 is 5.32 Å². The molecule has 0 saturated heterocycles. The number of rotatable bonds is 5. The average Bonchev–Trinajstić information content (AvgIpc) is 2.82. The molecule has 134 valence electrons. The summed E-state index contributed by atoms with van der Waals surface area (Å²) in [6.07, 6.45) is 0.732. The second kappa shape index (κ2) is 7.16. The average molecular weight is 348 g/mol. The summed E-state index contributed by atoms with van der Waals surface area (Å²) in [4.78, 5) is 27.2. The smallest absolute Gasteiger partial charge is 0.278 e. The van der Waals surface area contributed by atoms with Crippen molar-refractivity contribution in [2.24, 2.45) is 0 Å². The van der Waals surface area contributed by atoms with Gasteiger partial charge in [-0.25, -0.2) is 0 Å². The zero-order valence-corrected chi connectivity index (χ0v) is 15.7. The molecular weight excluding hydrogens is 324 g/mol. The van der Waals surface area contributed by atoms with Crippen molar-refractivity contribution in [2.75, 3.05) is 11.9 Å². The predicted octanol–water partition coefficient (Wildman–Crippen LogP) is 4.21. The van der Waals surface area contributed by atoms with Gasteiger partial charge >= 0.3 is 0 Å². The van der Waals surface area contributed by atoms with Gasteiger partial charge < -0.3 is 5.32 Å². The quantitative estimate of drug-likeness (QED) is 0.823. The van der Waals surface area contributed by atoms with Crippen molar-refractivity contribution in [3.63, 3.8) is 0 Å².